The second kappa shape index (κ2) is 6.90. The van der Waals surface area contributed by atoms with Gasteiger partial charge in [0.25, 0.3) is 5.91 Å². The van der Waals surface area contributed by atoms with Gasteiger partial charge in [0.1, 0.15) is 0 Å². The van der Waals surface area contributed by atoms with Crippen molar-refractivity contribution in [3.8, 4) is 11.3 Å². The number of hydrogen-bond donors (Lipinski definition) is 1. The first-order chi connectivity index (χ1) is 12.7. The number of imidazole rings is 1. The largest absolute Gasteiger partial charge is 0.383 e. The Labute approximate surface area is 155 Å². The Bertz CT molecular complexity index is 1080. The summed E-state index contributed by atoms with van der Waals surface area (Å²) < 4.78 is 8.09. The van der Waals surface area contributed by atoms with Crippen molar-refractivity contribution in [1.82, 2.24) is 14.7 Å². The van der Waals surface area contributed by atoms with Crippen molar-refractivity contribution in [2.45, 2.75) is 6.92 Å². The number of ether oxygens (including phenoxy) is 1. The van der Waals surface area contributed by atoms with E-state index in [9.17, 15) is 4.79 Å². The van der Waals surface area contributed by atoms with Gasteiger partial charge in [-0.1, -0.05) is 41.2 Å². The van der Waals surface area contributed by atoms with Gasteiger partial charge in [0.05, 0.1) is 22.5 Å². The molecular formula is C20H19N3O2S. The quantitative estimate of drug-likeness (QED) is 0.546. The van der Waals surface area contributed by atoms with Crippen LogP contribution in [0.1, 0.15) is 15.9 Å². The zero-order valence-electron chi connectivity index (χ0n) is 14.7. The number of thiazole rings is 1. The predicted octanol–water partition coefficient (Wildman–Crippen LogP) is 3.90. The van der Waals surface area contributed by atoms with Crippen LogP contribution in [0.4, 0.5) is 0 Å². The maximum Gasteiger partial charge on any atom is 0.251 e. The number of carbonyl (C=O) groups is 1. The number of amides is 1. The molecule has 132 valence electrons. The molecule has 0 bridgehead atoms. The van der Waals surface area contributed by atoms with Crippen LogP contribution in [0.15, 0.2) is 48.7 Å². The van der Waals surface area contributed by atoms with E-state index in [0.29, 0.717) is 18.7 Å². The van der Waals surface area contributed by atoms with Crippen molar-refractivity contribution in [2.24, 2.45) is 0 Å². The van der Waals surface area contributed by atoms with E-state index in [1.54, 1.807) is 18.4 Å². The molecule has 2 aromatic heterocycles. The molecule has 1 amide bonds. The summed E-state index contributed by atoms with van der Waals surface area (Å²) in [6.07, 6.45) is 2.05. The van der Waals surface area contributed by atoms with E-state index in [2.05, 4.69) is 47.1 Å². The Morgan fingerprint density at radius 3 is 2.81 bits per heavy atom. The van der Waals surface area contributed by atoms with Gasteiger partial charge in [-0.3, -0.25) is 9.20 Å². The minimum Gasteiger partial charge on any atom is -0.383 e. The van der Waals surface area contributed by atoms with Gasteiger partial charge in [0, 0.05) is 31.0 Å². The lowest BCUT2D eigenvalue weighted by Gasteiger charge is -2.04. The summed E-state index contributed by atoms with van der Waals surface area (Å²) >= 11 is 1.59. The smallest absolute Gasteiger partial charge is 0.251 e. The van der Waals surface area contributed by atoms with Crippen LogP contribution in [0.3, 0.4) is 0 Å². The molecule has 0 saturated heterocycles. The van der Waals surface area contributed by atoms with Crippen molar-refractivity contribution in [2.75, 3.05) is 20.3 Å². The number of carbonyl (C=O) groups excluding carboxylic acids is 1. The Hall–Kier alpha value is -2.70. The lowest BCUT2D eigenvalue weighted by Crippen LogP contribution is -2.26. The normalized spacial score (nSPS) is 11.3. The minimum absolute atomic E-state index is 0.0877. The summed E-state index contributed by atoms with van der Waals surface area (Å²) in [6, 6.07) is 14.1. The highest BCUT2D eigenvalue weighted by molar-refractivity contribution is 7.23. The van der Waals surface area contributed by atoms with Crippen LogP contribution in [-0.4, -0.2) is 35.6 Å². The predicted molar refractivity (Wildman–Crippen MR) is 105 cm³/mol. The first-order valence-corrected chi connectivity index (χ1v) is 9.23. The van der Waals surface area contributed by atoms with E-state index in [-0.39, 0.29) is 5.91 Å². The van der Waals surface area contributed by atoms with E-state index >= 15 is 0 Å². The van der Waals surface area contributed by atoms with Crippen LogP contribution < -0.4 is 5.32 Å². The molecule has 0 saturated carbocycles. The van der Waals surface area contributed by atoms with Crippen LogP contribution >= 0.6 is 11.3 Å². The van der Waals surface area contributed by atoms with Crippen LogP contribution in [0.2, 0.25) is 0 Å². The van der Waals surface area contributed by atoms with Crippen molar-refractivity contribution in [1.29, 1.82) is 0 Å². The number of fused-ring (bicyclic) bond motifs is 3. The number of rotatable bonds is 5. The highest BCUT2D eigenvalue weighted by Gasteiger charge is 2.12. The lowest BCUT2D eigenvalue weighted by molar-refractivity contribution is 0.0937. The molecule has 26 heavy (non-hydrogen) atoms. The molecule has 0 spiro atoms. The molecule has 0 radical (unpaired) electrons. The Balaban J connectivity index is 1.66. The fourth-order valence-corrected chi connectivity index (χ4v) is 3.92. The Kier molecular flexibility index (Phi) is 4.44. The summed E-state index contributed by atoms with van der Waals surface area (Å²) in [5, 5.41) is 2.85. The van der Waals surface area contributed by atoms with Gasteiger partial charge < -0.3 is 10.1 Å². The van der Waals surface area contributed by atoms with Gasteiger partial charge in [-0.2, -0.15) is 0 Å². The number of aromatic nitrogens is 2. The second-order valence-electron chi connectivity index (χ2n) is 6.18. The maximum atomic E-state index is 12.2. The van der Waals surface area contributed by atoms with Gasteiger partial charge in [-0.15, -0.1) is 0 Å². The van der Waals surface area contributed by atoms with E-state index in [1.165, 1.54) is 5.56 Å². The average molecular weight is 365 g/mol. The fraction of sp³-hybridized carbons (Fsp3) is 0.200. The van der Waals surface area contributed by atoms with Crippen molar-refractivity contribution in [3.63, 3.8) is 0 Å². The molecule has 0 unspecified atom stereocenters. The van der Waals surface area contributed by atoms with Crippen molar-refractivity contribution < 1.29 is 9.53 Å². The molecule has 4 rings (SSSR count). The van der Waals surface area contributed by atoms with E-state index < -0.39 is 0 Å². The number of aryl methyl sites for hydroxylation is 1. The first-order valence-electron chi connectivity index (χ1n) is 8.41. The number of nitrogens with zero attached hydrogens (tertiary/aromatic N) is 2. The number of nitrogens with one attached hydrogen (secondary N) is 1. The second-order valence-corrected chi connectivity index (χ2v) is 7.19. The standard InChI is InChI=1S/C20H19N3O2S/c1-13-3-5-14(6-4-13)16-12-23-17-8-7-15(19(24)21-9-10-25-2)11-18(17)26-20(23)22-16/h3-8,11-12H,9-10H2,1-2H3,(H,21,24). The summed E-state index contributed by atoms with van der Waals surface area (Å²) in [6.45, 7) is 3.08. The van der Waals surface area contributed by atoms with Crippen LogP contribution in [0.25, 0.3) is 26.4 Å². The van der Waals surface area contributed by atoms with Crippen molar-refractivity contribution >= 4 is 32.4 Å². The van der Waals surface area contributed by atoms with Crippen LogP contribution in [0, 0.1) is 6.92 Å². The fourth-order valence-electron chi connectivity index (χ4n) is 2.87. The Morgan fingerprint density at radius 2 is 2.04 bits per heavy atom. The average Bonchev–Trinajstić information content (AvgIpc) is 3.19. The van der Waals surface area contributed by atoms with Gasteiger partial charge in [0.2, 0.25) is 0 Å². The highest BCUT2D eigenvalue weighted by atomic mass is 32.1. The molecule has 0 fully saturated rings. The summed E-state index contributed by atoms with van der Waals surface area (Å²) in [4.78, 5) is 17.9. The topological polar surface area (TPSA) is 55.6 Å². The molecule has 0 aliphatic rings. The molecule has 1 N–H and O–H groups in total. The highest BCUT2D eigenvalue weighted by Crippen LogP contribution is 2.30. The SMILES string of the molecule is COCCNC(=O)c1ccc2c(c1)sc1nc(-c3ccc(C)cc3)cn12. The zero-order valence-corrected chi connectivity index (χ0v) is 15.5. The molecule has 2 heterocycles. The summed E-state index contributed by atoms with van der Waals surface area (Å²) in [5.74, 6) is -0.0877. The molecule has 0 aliphatic carbocycles. The molecular weight excluding hydrogens is 346 g/mol. The third-order valence-corrected chi connectivity index (χ3v) is 5.31. The van der Waals surface area contributed by atoms with E-state index in [1.807, 2.05) is 18.2 Å². The number of methoxy groups -OCH3 is 1. The third-order valence-electron chi connectivity index (χ3n) is 4.30. The van der Waals surface area contributed by atoms with Gasteiger partial charge in [-0.05, 0) is 25.1 Å². The molecule has 0 aliphatic heterocycles. The van der Waals surface area contributed by atoms with Crippen molar-refractivity contribution in [3.05, 3.63) is 59.8 Å². The van der Waals surface area contributed by atoms with Gasteiger partial charge >= 0.3 is 0 Å². The molecule has 0 atom stereocenters. The van der Waals surface area contributed by atoms with E-state index in [0.717, 1.165) is 26.4 Å². The molecule has 4 aromatic rings. The lowest BCUT2D eigenvalue weighted by atomic mass is 10.1. The minimum atomic E-state index is -0.0877. The summed E-state index contributed by atoms with van der Waals surface area (Å²) in [5.41, 5.74) is 5.01. The van der Waals surface area contributed by atoms with Gasteiger partial charge in [0.15, 0.2) is 4.96 Å². The van der Waals surface area contributed by atoms with Crippen LogP contribution in [-0.2, 0) is 4.74 Å². The molecule has 6 heteroatoms. The monoisotopic (exact) mass is 365 g/mol. The van der Waals surface area contributed by atoms with E-state index in [4.69, 9.17) is 9.72 Å². The van der Waals surface area contributed by atoms with Crippen LogP contribution in [0.5, 0.6) is 0 Å². The first kappa shape index (κ1) is 16.8. The number of hydrogen-bond acceptors (Lipinski definition) is 4. The number of benzene rings is 2. The molecule has 5 nitrogen and oxygen atoms in total. The third kappa shape index (κ3) is 3.09. The summed E-state index contributed by atoms with van der Waals surface area (Å²) in [7, 11) is 1.62. The zero-order chi connectivity index (χ0) is 18.1. The maximum absolute atomic E-state index is 12.2. The van der Waals surface area contributed by atoms with Gasteiger partial charge in [-0.25, -0.2) is 4.98 Å². The Morgan fingerprint density at radius 1 is 1.23 bits per heavy atom. The molecule has 2 aromatic carbocycles.